The number of benzene rings is 1. The quantitative estimate of drug-likeness (QED) is 0.834. The van der Waals surface area contributed by atoms with Crippen LogP contribution in [0, 0.1) is 13.8 Å². The predicted molar refractivity (Wildman–Crippen MR) is 94.4 cm³/mol. The summed E-state index contributed by atoms with van der Waals surface area (Å²) in [5.41, 5.74) is 2.07. The van der Waals surface area contributed by atoms with E-state index in [-0.39, 0.29) is 5.91 Å². The third-order valence-electron chi connectivity index (χ3n) is 4.42. The van der Waals surface area contributed by atoms with Crippen molar-refractivity contribution < 1.29 is 14.1 Å². The van der Waals surface area contributed by atoms with Gasteiger partial charge in [-0.2, -0.15) is 0 Å². The number of rotatable bonds is 5. The van der Waals surface area contributed by atoms with E-state index < -0.39 is 6.10 Å². The molecule has 0 spiro atoms. The lowest BCUT2D eigenvalue weighted by Gasteiger charge is -2.35. The standard InChI is InChI=1S/C19H25N3O3/c1-14-4-6-17(7-5-14)24-16(3)19(23)22-10-8-21(9-11-22)13-18-12-15(2)20-25-18/h4-7,12,16H,8-11,13H2,1-3H3. The van der Waals surface area contributed by atoms with Crippen LogP contribution in [0.15, 0.2) is 34.9 Å². The van der Waals surface area contributed by atoms with Crippen molar-refractivity contribution in [3.63, 3.8) is 0 Å². The topological polar surface area (TPSA) is 58.8 Å². The Bertz CT molecular complexity index is 703. The van der Waals surface area contributed by atoms with Gasteiger partial charge in [-0.25, -0.2) is 0 Å². The molecule has 1 saturated heterocycles. The van der Waals surface area contributed by atoms with Crippen LogP contribution in [0.3, 0.4) is 0 Å². The molecular formula is C19H25N3O3. The van der Waals surface area contributed by atoms with Gasteiger partial charge in [0, 0.05) is 32.2 Å². The molecule has 3 rings (SSSR count). The van der Waals surface area contributed by atoms with Crippen LogP contribution in [0.1, 0.15) is 23.9 Å². The SMILES string of the molecule is Cc1ccc(OC(C)C(=O)N2CCN(Cc3cc(C)no3)CC2)cc1. The summed E-state index contributed by atoms with van der Waals surface area (Å²) in [6.45, 7) is 9.54. The zero-order valence-electron chi connectivity index (χ0n) is 15.1. The molecular weight excluding hydrogens is 318 g/mol. The molecule has 0 bridgehead atoms. The summed E-state index contributed by atoms with van der Waals surface area (Å²) >= 11 is 0. The van der Waals surface area contributed by atoms with Gasteiger partial charge in [-0.05, 0) is 32.9 Å². The lowest BCUT2D eigenvalue weighted by Crippen LogP contribution is -2.51. The first-order chi connectivity index (χ1) is 12.0. The molecule has 6 heteroatoms. The van der Waals surface area contributed by atoms with Crippen molar-refractivity contribution in [3.05, 3.63) is 47.3 Å². The van der Waals surface area contributed by atoms with Crippen molar-refractivity contribution in [2.24, 2.45) is 0 Å². The minimum Gasteiger partial charge on any atom is -0.481 e. The summed E-state index contributed by atoms with van der Waals surface area (Å²) in [6, 6.07) is 9.72. The summed E-state index contributed by atoms with van der Waals surface area (Å²) in [6.07, 6.45) is -0.480. The molecule has 1 fully saturated rings. The predicted octanol–water partition coefficient (Wildman–Crippen LogP) is 2.40. The largest absolute Gasteiger partial charge is 0.481 e. The van der Waals surface area contributed by atoms with Crippen molar-refractivity contribution in [1.29, 1.82) is 0 Å². The fraction of sp³-hybridized carbons (Fsp3) is 0.474. The average molecular weight is 343 g/mol. The molecule has 0 N–H and O–H groups in total. The van der Waals surface area contributed by atoms with Crippen LogP contribution >= 0.6 is 0 Å². The Morgan fingerprint density at radius 1 is 1.20 bits per heavy atom. The van der Waals surface area contributed by atoms with Crippen LogP contribution < -0.4 is 4.74 Å². The van der Waals surface area contributed by atoms with Crippen molar-refractivity contribution in [1.82, 2.24) is 15.0 Å². The lowest BCUT2D eigenvalue weighted by atomic mass is 10.2. The minimum atomic E-state index is -0.480. The molecule has 6 nitrogen and oxygen atoms in total. The number of aryl methyl sites for hydroxylation is 2. The van der Waals surface area contributed by atoms with Gasteiger partial charge in [0.2, 0.25) is 0 Å². The number of nitrogens with zero attached hydrogens (tertiary/aromatic N) is 3. The highest BCUT2D eigenvalue weighted by Crippen LogP contribution is 2.15. The number of aromatic nitrogens is 1. The Morgan fingerprint density at radius 3 is 2.48 bits per heavy atom. The molecule has 0 saturated carbocycles. The number of hydrogen-bond donors (Lipinski definition) is 0. The number of ether oxygens (including phenoxy) is 1. The summed E-state index contributed by atoms with van der Waals surface area (Å²) in [7, 11) is 0. The molecule has 2 heterocycles. The van der Waals surface area contributed by atoms with Crippen LogP contribution in [0.4, 0.5) is 0 Å². The van der Waals surface area contributed by atoms with E-state index >= 15 is 0 Å². The van der Waals surface area contributed by atoms with E-state index in [0.29, 0.717) is 13.1 Å². The molecule has 1 aromatic heterocycles. The number of carbonyl (C=O) groups is 1. The minimum absolute atomic E-state index is 0.0377. The molecule has 1 atom stereocenters. The molecule has 0 radical (unpaired) electrons. The molecule has 2 aromatic rings. The summed E-state index contributed by atoms with van der Waals surface area (Å²) in [5, 5.41) is 3.91. The Labute approximate surface area is 148 Å². The first kappa shape index (κ1) is 17.5. The van der Waals surface area contributed by atoms with Gasteiger partial charge in [-0.1, -0.05) is 22.9 Å². The van der Waals surface area contributed by atoms with Gasteiger partial charge in [-0.15, -0.1) is 0 Å². The Kier molecular flexibility index (Phi) is 5.38. The second-order valence-corrected chi connectivity index (χ2v) is 6.61. The smallest absolute Gasteiger partial charge is 0.263 e. The molecule has 134 valence electrons. The fourth-order valence-electron chi connectivity index (χ4n) is 2.97. The van der Waals surface area contributed by atoms with E-state index in [1.54, 1.807) is 0 Å². The van der Waals surface area contributed by atoms with Crippen LogP contribution in [0.5, 0.6) is 5.75 Å². The second-order valence-electron chi connectivity index (χ2n) is 6.61. The highest BCUT2D eigenvalue weighted by molar-refractivity contribution is 5.81. The summed E-state index contributed by atoms with van der Waals surface area (Å²) < 4.78 is 11.0. The Morgan fingerprint density at radius 2 is 1.88 bits per heavy atom. The normalized spacial score (nSPS) is 16.7. The van der Waals surface area contributed by atoms with Gasteiger partial charge in [0.1, 0.15) is 5.75 Å². The Balaban J connectivity index is 1.48. The van der Waals surface area contributed by atoms with Gasteiger partial charge in [-0.3, -0.25) is 9.69 Å². The van der Waals surface area contributed by atoms with E-state index in [4.69, 9.17) is 9.26 Å². The molecule has 1 aliphatic heterocycles. The maximum atomic E-state index is 12.6. The van der Waals surface area contributed by atoms with Gasteiger partial charge >= 0.3 is 0 Å². The van der Waals surface area contributed by atoms with E-state index in [9.17, 15) is 4.79 Å². The first-order valence-corrected chi connectivity index (χ1v) is 8.68. The van der Waals surface area contributed by atoms with Crippen LogP contribution in [-0.2, 0) is 11.3 Å². The zero-order chi connectivity index (χ0) is 17.8. The van der Waals surface area contributed by atoms with Crippen molar-refractivity contribution in [2.75, 3.05) is 26.2 Å². The fourth-order valence-corrected chi connectivity index (χ4v) is 2.97. The van der Waals surface area contributed by atoms with Gasteiger partial charge in [0.15, 0.2) is 11.9 Å². The zero-order valence-corrected chi connectivity index (χ0v) is 15.1. The summed E-state index contributed by atoms with van der Waals surface area (Å²) in [4.78, 5) is 16.7. The highest BCUT2D eigenvalue weighted by atomic mass is 16.5. The molecule has 1 aromatic carbocycles. The lowest BCUT2D eigenvalue weighted by molar-refractivity contribution is -0.139. The third-order valence-corrected chi connectivity index (χ3v) is 4.42. The average Bonchev–Trinajstić information content (AvgIpc) is 3.02. The number of hydrogen-bond acceptors (Lipinski definition) is 5. The van der Waals surface area contributed by atoms with E-state index in [1.165, 1.54) is 5.56 Å². The van der Waals surface area contributed by atoms with E-state index in [2.05, 4.69) is 10.1 Å². The van der Waals surface area contributed by atoms with Gasteiger partial charge in [0.25, 0.3) is 5.91 Å². The van der Waals surface area contributed by atoms with E-state index in [1.807, 2.05) is 56.0 Å². The van der Waals surface area contributed by atoms with Crippen LogP contribution in [0.25, 0.3) is 0 Å². The monoisotopic (exact) mass is 343 g/mol. The maximum absolute atomic E-state index is 12.6. The molecule has 0 aliphatic carbocycles. The molecule has 1 amide bonds. The van der Waals surface area contributed by atoms with Gasteiger partial charge in [0.05, 0.1) is 12.2 Å². The van der Waals surface area contributed by atoms with Crippen molar-refractivity contribution in [3.8, 4) is 5.75 Å². The number of amides is 1. The molecule has 25 heavy (non-hydrogen) atoms. The highest BCUT2D eigenvalue weighted by Gasteiger charge is 2.26. The van der Waals surface area contributed by atoms with Crippen LogP contribution in [0.2, 0.25) is 0 Å². The third kappa shape index (κ3) is 4.60. The van der Waals surface area contributed by atoms with Gasteiger partial charge < -0.3 is 14.2 Å². The van der Waals surface area contributed by atoms with Crippen molar-refractivity contribution in [2.45, 2.75) is 33.4 Å². The molecule has 1 aliphatic rings. The number of piperazine rings is 1. The maximum Gasteiger partial charge on any atom is 0.263 e. The summed E-state index contributed by atoms with van der Waals surface area (Å²) in [5.74, 6) is 1.63. The first-order valence-electron chi connectivity index (χ1n) is 8.68. The Hall–Kier alpha value is -2.34. The molecule has 1 unspecified atom stereocenters. The van der Waals surface area contributed by atoms with Crippen molar-refractivity contribution >= 4 is 5.91 Å². The van der Waals surface area contributed by atoms with E-state index in [0.717, 1.165) is 36.8 Å². The second kappa shape index (κ2) is 7.70. The number of carbonyl (C=O) groups excluding carboxylic acids is 1. The van der Waals surface area contributed by atoms with Crippen LogP contribution in [-0.4, -0.2) is 53.1 Å².